The summed E-state index contributed by atoms with van der Waals surface area (Å²) in [6.45, 7) is 8.73. The number of ether oxygens (including phenoxy) is 3. The lowest BCUT2D eigenvalue weighted by Crippen LogP contribution is -2.47. The van der Waals surface area contributed by atoms with Gasteiger partial charge >= 0.3 is 5.97 Å². The van der Waals surface area contributed by atoms with E-state index in [0.717, 1.165) is 53.7 Å². The lowest BCUT2D eigenvalue weighted by Gasteiger charge is -2.46. The molecule has 5 rings (SSSR count). The molecule has 0 aromatic heterocycles. The summed E-state index contributed by atoms with van der Waals surface area (Å²) in [5.41, 5.74) is 6.57. The Hall–Kier alpha value is -3.18. The minimum absolute atomic E-state index is 0.0699. The van der Waals surface area contributed by atoms with Gasteiger partial charge in [0.1, 0.15) is 18.2 Å². The van der Waals surface area contributed by atoms with Gasteiger partial charge in [0.15, 0.2) is 0 Å². The number of fused-ring (bicyclic) bond motifs is 2. The van der Waals surface area contributed by atoms with Crippen molar-refractivity contribution in [2.24, 2.45) is 11.3 Å². The summed E-state index contributed by atoms with van der Waals surface area (Å²) in [6.07, 6.45) is 3.61. The van der Waals surface area contributed by atoms with E-state index in [1.54, 1.807) is 13.2 Å². The fourth-order valence-corrected chi connectivity index (χ4v) is 6.69. The Morgan fingerprint density at radius 2 is 1.82 bits per heavy atom. The molecule has 3 atom stereocenters. The average Bonchev–Trinajstić information content (AvgIpc) is 3.29. The van der Waals surface area contributed by atoms with Gasteiger partial charge in [0.05, 0.1) is 19.1 Å². The molecule has 4 nitrogen and oxygen atoms in total. The van der Waals surface area contributed by atoms with Gasteiger partial charge in [-0.25, -0.2) is 4.39 Å². The lowest BCUT2D eigenvalue weighted by atomic mass is 9.57. The van der Waals surface area contributed by atoms with Crippen molar-refractivity contribution in [2.75, 3.05) is 14.2 Å². The van der Waals surface area contributed by atoms with Crippen LogP contribution in [0.5, 0.6) is 5.75 Å². The molecule has 0 N–H and O–H groups in total. The molecule has 2 aliphatic rings. The molecule has 3 aromatic carbocycles. The summed E-state index contributed by atoms with van der Waals surface area (Å²) in [6, 6.07) is 17.6. The second-order valence-electron chi connectivity index (χ2n) is 12.3. The molecular weight excluding hydrogens is 491 g/mol. The van der Waals surface area contributed by atoms with E-state index in [-0.39, 0.29) is 34.6 Å². The Morgan fingerprint density at radius 1 is 1.03 bits per heavy atom. The number of hydrogen-bond acceptors (Lipinski definition) is 4. The quantitative estimate of drug-likeness (QED) is 0.292. The van der Waals surface area contributed by atoms with Gasteiger partial charge in [-0.1, -0.05) is 50.6 Å². The van der Waals surface area contributed by atoms with E-state index in [2.05, 4.69) is 39.0 Å². The van der Waals surface area contributed by atoms with Crippen molar-refractivity contribution in [1.82, 2.24) is 0 Å². The number of halogens is 1. The van der Waals surface area contributed by atoms with E-state index < -0.39 is 0 Å². The fourth-order valence-electron chi connectivity index (χ4n) is 6.69. The minimum atomic E-state index is -0.247. The van der Waals surface area contributed by atoms with E-state index in [9.17, 15) is 9.18 Å². The van der Waals surface area contributed by atoms with Crippen LogP contribution in [0.3, 0.4) is 0 Å². The van der Waals surface area contributed by atoms with E-state index in [0.29, 0.717) is 12.2 Å². The first-order chi connectivity index (χ1) is 18.6. The van der Waals surface area contributed by atoms with Crippen LogP contribution < -0.4 is 4.74 Å². The highest BCUT2D eigenvalue weighted by Gasteiger charge is 2.55. The van der Waals surface area contributed by atoms with E-state index >= 15 is 0 Å². The second-order valence-corrected chi connectivity index (χ2v) is 12.3. The van der Waals surface area contributed by atoms with Crippen LogP contribution in [0, 0.1) is 24.1 Å². The second kappa shape index (κ2) is 10.4. The monoisotopic (exact) mass is 530 g/mol. The van der Waals surface area contributed by atoms with Crippen LogP contribution in [0.2, 0.25) is 0 Å². The zero-order valence-electron chi connectivity index (χ0n) is 23.9. The molecule has 2 aliphatic carbocycles. The third kappa shape index (κ3) is 4.98. The largest absolute Gasteiger partial charge is 0.489 e. The molecule has 1 fully saturated rings. The van der Waals surface area contributed by atoms with Crippen molar-refractivity contribution in [3.63, 3.8) is 0 Å². The first kappa shape index (κ1) is 27.4. The number of aryl methyl sites for hydroxylation is 2. The van der Waals surface area contributed by atoms with Crippen molar-refractivity contribution < 1.29 is 23.4 Å². The highest BCUT2D eigenvalue weighted by atomic mass is 19.1. The third-order valence-corrected chi connectivity index (χ3v) is 8.73. The normalized spacial score (nSPS) is 20.8. The molecule has 0 saturated heterocycles. The maximum absolute atomic E-state index is 15.0. The smallest absolute Gasteiger partial charge is 0.309 e. The van der Waals surface area contributed by atoms with Crippen LogP contribution in [0.4, 0.5) is 4.39 Å². The van der Waals surface area contributed by atoms with Crippen molar-refractivity contribution in [3.8, 4) is 16.9 Å². The van der Waals surface area contributed by atoms with Crippen LogP contribution in [0.1, 0.15) is 74.0 Å². The maximum atomic E-state index is 15.0. The number of carbonyl (C=O) groups excluding carboxylic acids is 1. The number of carbonyl (C=O) groups is 1. The summed E-state index contributed by atoms with van der Waals surface area (Å²) in [7, 11) is 3.18. The first-order valence-electron chi connectivity index (χ1n) is 13.8. The summed E-state index contributed by atoms with van der Waals surface area (Å²) in [5.74, 6) is 0.368. The summed E-state index contributed by atoms with van der Waals surface area (Å²) >= 11 is 0. The molecule has 0 unspecified atom stereocenters. The number of esters is 1. The maximum Gasteiger partial charge on any atom is 0.309 e. The number of benzene rings is 3. The molecule has 0 aliphatic heterocycles. The molecular formula is C34H39FO4. The van der Waals surface area contributed by atoms with Gasteiger partial charge in [-0.3, -0.25) is 4.79 Å². The van der Waals surface area contributed by atoms with Crippen LogP contribution in [0.15, 0.2) is 54.6 Å². The topological polar surface area (TPSA) is 44.8 Å². The van der Waals surface area contributed by atoms with Gasteiger partial charge in [-0.05, 0) is 96.2 Å². The van der Waals surface area contributed by atoms with Crippen LogP contribution in [-0.4, -0.2) is 20.2 Å². The predicted octanol–water partition coefficient (Wildman–Crippen LogP) is 7.88. The molecule has 3 aromatic rings. The van der Waals surface area contributed by atoms with Gasteiger partial charge in [0.25, 0.3) is 0 Å². The average molecular weight is 531 g/mol. The van der Waals surface area contributed by atoms with Crippen LogP contribution in [0.25, 0.3) is 11.1 Å². The fraction of sp³-hybridized carbons (Fsp3) is 0.441. The van der Waals surface area contributed by atoms with Crippen molar-refractivity contribution >= 4 is 5.97 Å². The van der Waals surface area contributed by atoms with Gasteiger partial charge in [-0.2, -0.15) is 0 Å². The van der Waals surface area contributed by atoms with Gasteiger partial charge in [-0.15, -0.1) is 0 Å². The van der Waals surface area contributed by atoms with E-state index in [1.807, 2.05) is 31.2 Å². The molecule has 39 heavy (non-hydrogen) atoms. The summed E-state index contributed by atoms with van der Waals surface area (Å²) in [5, 5.41) is 0. The summed E-state index contributed by atoms with van der Waals surface area (Å²) in [4.78, 5) is 12.4. The Kier molecular flexibility index (Phi) is 7.32. The van der Waals surface area contributed by atoms with Gasteiger partial charge < -0.3 is 14.2 Å². The SMILES string of the molecule is COC(=O)[C@@H]1CC[C@@]12CCc1ccc(OCc3ccc(-c4cc(C)ccc4F)c([C@@H](OC)C(C)(C)C)c3)cc12. The molecule has 5 heteroatoms. The van der Waals surface area contributed by atoms with E-state index in [1.165, 1.54) is 24.3 Å². The van der Waals surface area contributed by atoms with Crippen molar-refractivity contribution in [2.45, 2.75) is 71.5 Å². The number of hydrogen-bond donors (Lipinski definition) is 0. The molecule has 206 valence electrons. The van der Waals surface area contributed by atoms with Gasteiger partial charge in [0.2, 0.25) is 0 Å². The Bertz CT molecular complexity index is 1390. The third-order valence-electron chi connectivity index (χ3n) is 8.73. The number of rotatable bonds is 7. The molecule has 0 heterocycles. The lowest BCUT2D eigenvalue weighted by molar-refractivity contribution is -0.153. The van der Waals surface area contributed by atoms with Crippen molar-refractivity contribution in [1.29, 1.82) is 0 Å². The molecule has 0 amide bonds. The molecule has 0 bridgehead atoms. The minimum Gasteiger partial charge on any atom is -0.489 e. The summed E-state index contributed by atoms with van der Waals surface area (Å²) < 4.78 is 32.4. The predicted molar refractivity (Wildman–Crippen MR) is 151 cm³/mol. The Labute approximate surface area is 231 Å². The van der Waals surface area contributed by atoms with Crippen LogP contribution in [-0.2, 0) is 32.7 Å². The molecule has 1 spiro atoms. The highest BCUT2D eigenvalue weighted by molar-refractivity contribution is 5.77. The Morgan fingerprint density at radius 3 is 2.49 bits per heavy atom. The van der Waals surface area contributed by atoms with Crippen LogP contribution >= 0.6 is 0 Å². The Balaban J connectivity index is 1.44. The number of methoxy groups -OCH3 is 2. The molecule has 1 saturated carbocycles. The van der Waals surface area contributed by atoms with Crippen molar-refractivity contribution in [3.05, 3.63) is 88.2 Å². The van der Waals surface area contributed by atoms with Gasteiger partial charge in [0, 0.05) is 18.1 Å². The molecule has 0 radical (unpaired) electrons. The standard InChI is InChI=1S/C34H39FO4/c1-21-7-12-30(35)26(17-21)25-11-8-22(18-27(25)31(37-5)33(2,3)4)20-39-24-10-9-23-13-15-34(29(23)19-24)16-14-28(34)32(36)38-6/h7-12,17-19,28,31H,13-16,20H2,1-6H3/t28-,31+,34-/m0/s1. The highest BCUT2D eigenvalue weighted by Crippen LogP contribution is 2.57. The zero-order valence-corrected chi connectivity index (χ0v) is 23.9. The zero-order chi connectivity index (χ0) is 27.9. The first-order valence-corrected chi connectivity index (χ1v) is 13.8. The van der Waals surface area contributed by atoms with E-state index in [4.69, 9.17) is 14.2 Å².